The lowest BCUT2D eigenvalue weighted by Crippen LogP contribution is -2.14. The van der Waals surface area contributed by atoms with Crippen molar-refractivity contribution in [1.29, 1.82) is 0 Å². The van der Waals surface area contributed by atoms with Crippen LogP contribution in [-0.2, 0) is 6.18 Å². The third-order valence-corrected chi connectivity index (χ3v) is 4.77. The van der Waals surface area contributed by atoms with E-state index in [0.29, 0.717) is 6.07 Å². The van der Waals surface area contributed by atoms with Crippen molar-refractivity contribution in [3.05, 3.63) is 66.1 Å². The molecule has 5 N–H and O–H groups in total. The fraction of sp³-hybridized carbons (Fsp3) is 0.0476. The molecule has 0 aliphatic heterocycles. The number of hydrogen-bond acceptors (Lipinski definition) is 6. The van der Waals surface area contributed by atoms with E-state index in [9.17, 15) is 27.9 Å². The number of hydrogen-bond donors (Lipinski definition) is 3. The molecule has 0 radical (unpaired) electrons. The molecule has 4 aromatic rings. The zero-order valence-corrected chi connectivity index (χ0v) is 16.5. The second-order valence-electron chi connectivity index (χ2n) is 6.88. The van der Waals surface area contributed by atoms with E-state index in [4.69, 9.17) is 16.2 Å². The monoisotopic (exact) mass is 457 g/mol. The Kier molecular flexibility index (Phi) is 5.12. The van der Waals surface area contributed by atoms with Crippen LogP contribution in [0.3, 0.4) is 0 Å². The summed E-state index contributed by atoms with van der Waals surface area (Å²) in [5, 5.41) is 9.70. The van der Waals surface area contributed by atoms with Crippen LogP contribution < -0.4 is 16.2 Å². The largest absolute Gasteiger partial charge is 0.464 e. The first-order valence-corrected chi connectivity index (χ1v) is 9.20. The summed E-state index contributed by atoms with van der Waals surface area (Å²) >= 11 is 0. The van der Waals surface area contributed by atoms with Gasteiger partial charge in [-0.15, -0.1) is 0 Å². The molecule has 0 atom stereocenters. The predicted molar refractivity (Wildman–Crippen MR) is 111 cm³/mol. The lowest BCUT2D eigenvalue weighted by atomic mass is 9.96. The van der Waals surface area contributed by atoms with Gasteiger partial charge < -0.3 is 21.3 Å². The number of benzene rings is 2. The number of nitrogens with zero attached hydrogens (tertiary/aromatic N) is 3. The smallest absolute Gasteiger partial charge is 0.417 e. The summed E-state index contributed by atoms with van der Waals surface area (Å²) in [6, 6.07) is 8.39. The van der Waals surface area contributed by atoms with Crippen molar-refractivity contribution in [1.82, 2.24) is 14.5 Å². The van der Waals surface area contributed by atoms with Gasteiger partial charge in [0.05, 0.1) is 11.1 Å². The number of nitrogens with two attached hydrogens (primary N) is 2. The first-order valence-electron chi connectivity index (χ1n) is 9.20. The molecule has 0 saturated carbocycles. The van der Waals surface area contributed by atoms with Crippen LogP contribution in [0.2, 0.25) is 0 Å². The van der Waals surface area contributed by atoms with Crippen LogP contribution in [0, 0.1) is 0 Å². The number of fused-ring (bicyclic) bond motifs is 1. The van der Waals surface area contributed by atoms with Gasteiger partial charge >= 0.3 is 12.3 Å². The van der Waals surface area contributed by atoms with E-state index in [1.165, 1.54) is 30.6 Å². The molecule has 0 spiro atoms. The van der Waals surface area contributed by atoms with E-state index in [2.05, 4.69) is 9.97 Å². The minimum atomic E-state index is -4.84. The van der Waals surface area contributed by atoms with Gasteiger partial charge in [-0.2, -0.15) is 13.2 Å². The average Bonchev–Trinajstić information content (AvgIpc) is 3.11. The first-order chi connectivity index (χ1) is 15.5. The number of halogens is 3. The number of rotatable bonds is 4. The molecule has 12 heteroatoms. The zero-order valence-electron chi connectivity index (χ0n) is 16.5. The predicted octanol–water partition coefficient (Wildman–Crippen LogP) is 4.12. The Morgan fingerprint density at radius 1 is 1.03 bits per heavy atom. The fourth-order valence-electron chi connectivity index (χ4n) is 3.34. The van der Waals surface area contributed by atoms with Gasteiger partial charge in [-0.3, -0.25) is 9.36 Å². The fourth-order valence-corrected chi connectivity index (χ4v) is 3.34. The maximum atomic E-state index is 13.8. The molecule has 0 unspecified atom stereocenters. The van der Waals surface area contributed by atoms with E-state index in [-0.39, 0.29) is 45.0 Å². The van der Waals surface area contributed by atoms with E-state index >= 15 is 0 Å². The molecule has 1 amide bonds. The van der Waals surface area contributed by atoms with Crippen molar-refractivity contribution in [2.45, 2.75) is 6.18 Å². The van der Waals surface area contributed by atoms with Crippen LogP contribution in [0.15, 0.2) is 55.0 Å². The molecule has 2 aromatic carbocycles. The number of carbonyl (C=O) groups is 2. The molecule has 0 saturated heterocycles. The van der Waals surface area contributed by atoms with Gasteiger partial charge in [0.1, 0.15) is 17.9 Å². The quantitative estimate of drug-likeness (QED) is 0.418. The summed E-state index contributed by atoms with van der Waals surface area (Å²) in [6.45, 7) is 0. The van der Waals surface area contributed by atoms with Crippen LogP contribution in [0.25, 0.3) is 22.0 Å². The van der Waals surface area contributed by atoms with Crippen molar-refractivity contribution in [3.63, 3.8) is 0 Å². The number of ether oxygens (including phenoxy) is 1. The second kappa shape index (κ2) is 7.82. The molecule has 0 bridgehead atoms. The maximum Gasteiger partial charge on any atom is 0.417 e. The Morgan fingerprint density at radius 3 is 2.42 bits per heavy atom. The standard InChI is InChI=1S/C21H14F3N5O4/c22-21(23,24)15-5-10(19(26)30)1-3-12(15)14-8-29(20(31)32)16-4-2-11(6-13(14)16)33-18-7-17(25)27-9-28-18/h1-9H,(H2,26,30)(H,31,32)(H2,25,27,28). The van der Waals surface area contributed by atoms with Crippen molar-refractivity contribution < 1.29 is 32.6 Å². The van der Waals surface area contributed by atoms with Gasteiger partial charge in [0.2, 0.25) is 11.8 Å². The minimum absolute atomic E-state index is 0.0385. The Bertz CT molecular complexity index is 1420. The lowest BCUT2D eigenvalue weighted by Gasteiger charge is -2.14. The normalized spacial score (nSPS) is 11.5. The van der Waals surface area contributed by atoms with Crippen LogP contribution in [0.5, 0.6) is 11.6 Å². The number of carboxylic acid groups (broad SMARTS) is 1. The van der Waals surface area contributed by atoms with Crippen molar-refractivity contribution in [2.24, 2.45) is 5.73 Å². The van der Waals surface area contributed by atoms with Gasteiger partial charge in [0.25, 0.3) is 0 Å². The summed E-state index contributed by atoms with van der Waals surface area (Å²) in [6.07, 6.45) is -4.00. The Hall–Kier alpha value is -4.61. The highest BCUT2D eigenvalue weighted by molar-refractivity contribution is 6.02. The first kappa shape index (κ1) is 21.6. The van der Waals surface area contributed by atoms with Gasteiger partial charge in [0, 0.05) is 28.8 Å². The molecule has 168 valence electrons. The SMILES string of the molecule is NC(=O)c1ccc(-c2cn(C(=O)O)c3ccc(Oc4cc(N)ncn4)cc23)c(C(F)(F)F)c1. The number of carbonyl (C=O) groups excluding carboxylic acids is 1. The number of primary amides is 1. The topological polar surface area (TPSA) is 146 Å². The highest BCUT2D eigenvalue weighted by atomic mass is 19.4. The van der Waals surface area contributed by atoms with Gasteiger partial charge in [-0.1, -0.05) is 6.07 Å². The molecule has 0 fully saturated rings. The van der Waals surface area contributed by atoms with E-state index in [0.717, 1.165) is 22.9 Å². The number of amides is 1. The van der Waals surface area contributed by atoms with Crippen LogP contribution in [0.4, 0.5) is 23.8 Å². The summed E-state index contributed by atoms with van der Waals surface area (Å²) < 4.78 is 47.9. The second-order valence-corrected chi connectivity index (χ2v) is 6.88. The summed E-state index contributed by atoms with van der Waals surface area (Å²) in [5.74, 6) is -0.627. The number of alkyl halides is 3. The molecule has 33 heavy (non-hydrogen) atoms. The Labute approximate surface area is 183 Å². The molecular formula is C21H14F3N5O4. The molecule has 9 nitrogen and oxygen atoms in total. The average molecular weight is 457 g/mol. The van der Waals surface area contributed by atoms with Crippen molar-refractivity contribution in [2.75, 3.05) is 5.73 Å². The van der Waals surface area contributed by atoms with Crippen molar-refractivity contribution in [3.8, 4) is 22.8 Å². The number of aromatic nitrogens is 3. The third-order valence-electron chi connectivity index (χ3n) is 4.77. The van der Waals surface area contributed by atoms with Crippen LogP contribution in [0.1, 0.15) is 15.9 Å². The zero-order chi connectivity index (χ0) is 23.9. The maximum absolute atomic E-state index is 13.8. The minimum Gasteiger partial charge on any atom is -0.464 e. The van der Waals surface area contributed by atoms with E-state index in [1.807, 2.05) is 0 Å². The molecule has 2 aromatic heterocycles. The van der Waals surface area contributed by atoms with Gasteiger partial charge in [0.15, 0.2) is 0 Å². The summed E-state index contributed by atoms with van der Waals surface area (Å²) in [7, 11) is 0. The third kappa shape index (κ3) is 4.13. The number of anilines is 1. The molecule has 0 aliphatic carbocycles. The van der Waals surface area contributed by atoms with E-state index in [1.54, 1.807) is 0 Å². The van der Waals surface area contributed by atoms with E-state index < -0.39 is 23.7 Å². The summed E-state index contributed by atoms with van der Waals surface area (Å²) in [4.78, 5) is 30.8. The van der Waals surface area contributed by atoms with Gasteiger partial charge in [-0.25, -0.2) is 14.8 Å². The molecule has 0 aliphatic rings. The molecular weight excluding hydrogens is 443 g/mol. The molecule has 4 rings (SSSR count). The lowest BCUT2D eigenvalue weighted by molar-refractivity contribution is -0.137. The van der Waals surface area contributed by atoms with Crippen LogP contribution in [-0.4, -0.2) is 31.6 Å². The Morgan fingerprint density at radius 2 is 1.79 bits per heavy atom. The number of nitrogen functional groups attached to an aromatic ring is 1. The highest BCUT2D eigenvalue weighted by Crippen LogP contribution is 2.41. The molecule has 2 heterocycles. The summed E-state index contributed by atoms with van der Waals surface area (Å²) in [5.41, 5.74) is 9.00. The Balaban J connectivity index is 1.93. The highest BCUT2D eigenvalue weighted by Gasteiger charge is 2.35. The van der Waals surface area contributed by atoms with Crippen molar-refractivity contribution >= 4 is 28.7 Å². The van der Waals surface area contributed by atoms with Gasteiger partial charge in [-0.05, 0) is 35.9 Å². The van der Waals surface area contributed by atoms with Crippen LogP contribution >= 0.6 is 0 Å².